The molecule has 0 bridgehead atoms. The van der Waals surface area contributed by atoms with Gasteiger partial charge in [0.2, 0.25) is 0 Å². The highest BCUT2D eigenvalue weighted by Crippen LogP contribution is 2.53. The lowest BCUT2D eigenvalue weighted by molar-refractivity contribution is 0.221. The fraction of sp³-hybridized carbons (Fsp3) is 0.900. The third-order valence-corrected chi connectivity index (χ3v) is 5.86. The van der Waals surface area contributed by atoms with Crippen molar-refractivity contribution in [2.45, 2.75) is 40.5 Å². The Morgan fingerprint density at radius 3 is 1.82 bits per heavy atom. The lowest BCUT2D eigenvalue weighted by Gasteiger charge is -2.17. The number of rotatable bonds is 6. The van der Waals surface area contributed by atoms with Crippen molar-refractivity contribution in [1.29, 1.82) is 0 Å². The summed E-state index contributed by atoms with van der Waals surface area (Å²) in [6.45, 7) is 8.60. The van der Waals surface area contributed by atoms with E-state index >= 15 is 0 Å². The van der Waals surface area contributed by atoms with E-state index in [1.165, 1.54) is 12.8 Å². The summed E-state index contributed by atoms with van der Waals surface area (Å²) < 4.78 is 26.5. The molecule has 0 aromatic carbocycles. The van der Waals surface area contributed by atoms with Crippen LogP contribution in [0.4, 0.5) is 0 Å². The molecule has 1 heterocycles. The Labute approximate surface area is 113 Å². The maximum Gasteiger partial charge on any atom is 0.455 e. The van der Waals surface area contributed by atoms with Gasteiger partial charge in [-0.15, -0.1) is 0 Å². The molecule has 0 spiro atoms. The van der Waals surface area contributed by atoms with Gasteiger partial charge in [-0.25, -0.2) is 4.57 Å². The SMILES string of the molecule is CCCC.CCOP(=O)(N=C1SCS1)OCC. The highest BCUT2D eigenvalue weighted by atomic mass is 32.3. The van der Waals surface area contributed by atoms with Gasteiger partial charge in [-0.1, -0.05) is 50.2 Å². The molecule has 1 rings (SSSR count). The Morgan fingerprint density at radius 2 is 1.59 bits per heavy atom. The quantitative estimate of drug-likeness (QED) is 0.661. The lowest BCUT2D eigenvalue weighted by atomic mass is 10.4. The Morgan fingerprint density at radius 1 is 1.12 bits per heavy atom. The van der Waals surface area contributed by atoms with E-state index in [1.807, 2.05) is 0 Å². The molecule has 0 atom stereocenters. The maximum absolute atomic E-state index is 11.8. The summed E-state index contributed by atoms with van der Waals surface area (Å²) in [6, 6.07) is 0. The fourth-order valence-corrected chi connectivity index (χ4v) is 3.69. The largest absolute Gasteiger partial charge is 0.455 e. The summed E-state index contributed by atoms with van der Waals surface area (Å²) in [5.74, 6) is 0. The second-order valence-corrected chi connectivity index (χ2v) is 7.28. The predicted octanol–water partition coefficient (Wildman–Crippen LogP) is 4.77. The van der Waals surface area contributed by atoms with Crippen molar-refractivity contribution in [3.05, 3.63) is 0 Å². The molecule has 102 valence electrons. The fourth-order valence-electron chi connectivity index (χ4n) is 0.691. The standard InChI is InChI=1S/C6H12NO3PS2.C4H10/c1-3-9-11(8,10-4-2)7-6-12-5-13-6;1-3-4-2/h3-5H2,1-2H3;3-4H2,1-2H3. The molecular formula is C10H22NO3PS2. The second-order valence-electron chi connectivity index (χ2n) is 3.08. The molecule has 4 nitrogen and oxygen atoms in total. The summed E-state index contributed by atoms with van der Waals surface area (Å²) in [5, 5.41) is 0.969. The normalized spacial score (nSPS) is 14.7. The minimum Gasteiger partial charge on any atom is -0.291 e. The van der Waals surface area contributed by atoms with Crippen molar-refractivity contribution in [3.8, 4) is 0 Å². The van der Waals surface area contributed by atoms with E-state index in [0.717, 1.165) is 9.46 Å². The number of hydrogen-bond acceptors (Lipinski definition) is 5. The molecule has 1 aliphatic rings. The van der Waals surface area contributed by atoms with Crippen LogP contribution in [0.25, 0.3) is 0 Å². The zero-order chi connectivity index (χ0) is 13.1. The third-order valence-electron chi connectivity index (χ3n) is 1.65. The molecule has 17 heavy (non-hydrogen) atoms. The number of hydrogen-bond donors (Lipinski definition) is 0. The zero-order valence-corrected chi connectivity index (χ0v) is 13.5. The molecule has 1 aliphatic heterocycles. The van der Waals surface area contributed by atoms with Crippen molar-refractivity contribution < 1.29 is 13.6 Å². The van der Waals surface area contributed by atoms with Crippen molar-refractivity contribution in [1.82, 2.24) is 0 Å². The first kappa shape index (κ1) is 17.5. The molecule has 0 saturated carbocycles. The maximum atomic E-state index is 11.8. The van der Waals surface area contributed by atoms with Crippen LogP contribution in [0.15, 0.2) is 4.76 Å². The van der Waals surface area contributed by atoms with Gasteiger partial charge >= 0.3 is 7.75 Å². The Hall–Kier alpha value is 0.520. The molecule has 1 fully saturated rings. The van der Waals surface area contributed by atoms with Crippen LogP contribution in [-0.4, -0.2) is 22.7 Å². The van der Waals surface area contributed by atoms with Crippen LogP contribution in [0.5, 0.6) is 0 Å². The first-order chi connectivity index (χ1) is 8.11. The Kier molecular flexibility index (Phi) is 10.8. The van der Waals surface area contributed by atoms with Gasteiger partial charge in [0.15, 0.2) is 0 Å². The van der Waals surface area contributed by atoms with Crippen LogP contribution in [-0.2, 0) is 13.6 Å². The molecule has 0 N–H and O–H groups in total. The number of nitrogens with zero attached hydrogens (tertiary/aromatic N) is 1. The minimum absolute atomic E-state index is 0.351. The monoisotopic (exact) mass is 299 g/mol. The van der Waals surface area contributed by atoms with Gasteiger partial charge in [-0.3, -0.25) is 9.05 Å². The minimum atomic E-state index is -3.19. The van der Waals surface area contributed by atoms with Gasteiger partial charge in [0, 0.05) is 0 Å². The molecule has 0 aromatic heterocycles. The van der Waals surface area contributed by atoms with Gasteiger partial charge in [0.05, 0.1) is 18.3 Å². The third kappa shape index (κ3) is 8.27. The molecule has 0 unspecified atom stereocenters. The van der Waals surface area contributed by atoms with Crippen LogP contribution < -0.4 is 0 Å². The molecular weight excluding hydrogens is 277 g/mol. The van der Waals surface area contributed by atoms with Gasteiger partial charge in [0.1, 0.15) is 4.38 Å². The average molecular weight is 299 g/mol. The zero-order valence-electron chi connectivity index (χ0n) is 11.0. The van der Waals surface area contributed by atoms with Gasteiger partial charge < -0.3 is 0 Å². The van der Waals surface area contributed by atoms with Crippen LogP contribution >= 0.6 is 31.3 Å². The lowest BCUT2D eigenvalue weighted by Crippen LogP contribution is -2.01. The average Bonchev–Trinajstić information content (AvgIpc) is 2.25. The van der Waals surface area contributed by atoms with Crippen molar-refractivity contribution >= 4 is 35.6 Å². The summed E-state index contributed by atoms with van der Waals surface area (Å²) in [5.41, 5.74) is 0. The second kappa shape index (κ2) is 10.4. The van der Waals surface area contributed by atoms with Gasteiger partial charge in [0.25, 0.3) is 0 Å². The van der Waals surface area contributed by atoms with Gasteiger partial charge in [-0.05, 0) is 13.8 Å². The van der Waals surface area contributed by atoms with Crippen molar-refractivity contribution in [2.24, 2.45) is 4.76 Å². The number of thioether (sulfide) groups is 2. The van der Waals surface area contributed by atoms with E-state index < -0.39 is 7.75 Å². The summed E-state index contributed by atoms with van der Waals surface area (Å²) in [7, 11) is -3.19. The van der Waals surface area contributed by atoms with E-state index in [0.29, 0.717) is 13.2 Å². The smallest absolute Gasteiger partial charge is 0.291 e. The highest BCUT2D eigenvalue weighted by Gasteiger charge is 2.26. The van der Waals surface area contributed by atoms with Crippen LogP contribution in [0, 0.1) is 0 Å². The van der Waals surface area contributed by atoms with E-state index in [1.54, 1.807) is 37.4 Å². The molecule has 0 amide bonds. The molecule has 0 radical (unpaired) electrons. The molecule has 0 aromatic rings. The van der Waals surface area contributed by atoms with Crippen molar-refractivity contribution in [2.75, 3.05) is 18.3 Å². The summed E-state index contributed by atoms with van der Waals surface area (Å²) in [6.07, 6.45) is 2.64. The first-order valence-electron chi connectivity index (χ1n) is 5.86. The van der Waals surface area contributed by atoms with Crippen LogP contribution in [0.3, 0.4) is 0 Å². The molecule has 1 saturated heterocycles. The number of unbranched alkanes of at least 4 members (excludes halogenated alkanes) is 1. The summed E-state index contributed by atoms with van der Waals surface area (Å²) >= 11 is 3.13. The van der Waals surface area contributed by atoms with Crippen LogP contribution in [0.1, 0.15) is 40.5 Å². The van der Waals surface area contributed by atoms with E-state index in [2.05, 4.69) is 18.6 Å². The van der Waals surface area contributed by atoms with Crippen molar-refractivity contribution in [3.63, 3.8) is 0 Å². The molecule has 0 aliphatic carbocycles. The van der Waals surface area contributed by atoms with E-state index in [-0.39, 0.29) is 0 Å². The van der Waals surface area contributed by atoms with Gasteiger partial charge in [-0.2, -0.15) is 4.76 Å². The molecule has 7 heteroatoms. The summed E-state index contributed by atoms with van der Waals surface area (Å²) in [4.78, 5) is 0. The topological polar surface area (TPSA) is 47.9 Å². The first-order valence-corrected chi connectivity index (χ1v) is 9.33. The highest BCUT2D eigenvalue weighted by molar-refractivity contribution is 8.52. The van der Waals surface area contributed by atoms with E-state index in [4.69, 9.17) is 9.05 Å². The van der Waals surface area contributed by atoms with Crippen LogP contribution in [0.2, 0.25) is 0 Å². The van der Waals surface area contributed by atoms with E-state index in [9.17, 15) is 4.57 Å². The Bertz CT molecular complexity index is 256. The predicted molar refractivity (Wildman–Crippen MR) is 78.9 cm³/mol. The Balaban J connectivity index is 0.000000557.